The summed E-state index contributed by atoms with van der Waals surface area (Å²) in [6.07, 6.45) is 7.92. The molecule has 3 aromatic rings. The van der Waals surface area contributed by atoms with Gasteiger partial charge in [-0.3, -0.25) is 10.3 Å². The highest BCUT2D eigenvalue weighted by molar-refractivity contribution is 5.75. The summed E-state index contributed by atoms with van der Waals surface area (Å²) in [5, 5.41) is 14.4. The van der Waals surface area contributed by atoms with Gasteiger partial charge in [0.15, 0.2) is 0 Å². The molecular weight excluding hydrogens is 386 g/mol. The Kier molecular flexibility index (Phi) is 5.62. The number of nitrogens with zero attached hydrogens (tertiary/aromatic N) is 1. The Morgan fingerprint density at radius 1 is 1.03 bits per heavy atom. The van der Waals surface area contributed by atoms with E-state index >= 15 is 0 Å². The molecule has 0 saturated heterocycles. The second-order valence-corrected chi connectivity index (χ2v) is 8.61. The van der Waals surface area contributed by atoms with E-state index in [1.807, 2.05) is 30.3 Å². The molecule has 0 amide bonds. The van der Waals surface area contributed by atoms with Crippen molar-refractivity contribution in [2.75, 3.05) is 5.73 Å². The van der Waals surface area contributed by atoms with Crippen molar-refractivity contribution in [2.45, 2.75) is 56.9 Å². The number of hydrogen-bond donors (Lipinski definition) is 3. The van der Waals surface area contributed by atoms with Crippen molar-refractivity contribution < 1.29 is 9.84 Å². The minimum atomic E-state index is -0.784. The van der Waals surface area contributed by atoms with Crippen LogP contribution in [0.5, 0.6) is 5.75 Å². The summed E-state index contributed by atoms with van der Waals surface area (Å²) >= 11 is 0. The number of aliphatic hydroxyl groups is 1. The molecule has 0 aliphatic heterocycles. The molecule has 2 atom stereocenters. The quantitative estimate of drug-likeness (QED) is 0.393. The number of aliphatic hydroxyl groups excluding tert-OH is 1. The van der Waals surface area contributed by atoms with E-state index < -0.39 is 6.23 Å². The summed E-state index contributed by atoms with van der Waals surface area (Å²) in [6.45, 7) is 0. The highest BCUT2D eigenvalue weighted by atomic mass is 16.5. The van der Waals surface area contributed by atoms with E-state index in [9.17, 15) is 5.11 Å². The van der Waals surface area contributed by atoms with Gasteiger partial charge in [0.25, 0.3) is 0 Å². The zero-order chi connectivity index (χ0) is 21.2. The maximum absolute atomic E-state index is 11.0. The molecule has 1 aromatic heterocycles. The van der Waals surface area contributed by atoms with Crippen LogP contribution in [0, 0.1) is 0 Å². The molecule has 5 nitrogen and oxygen atoms in total. The lowest BCUT2D eigenvalue weighted by atomic mass is 9.87. The number of hydrogen-bond acceptors (Lipinski definition) is 5. The fourth-order valence-electron chi connectivity index (χ4n) is 4.49. The summed E-state index contributed by atoms with van der Waals surface area (Å²) in [5.74, 6) is 0.818. The van der Waals surface area contributed by atoms with E-state index in [0.717, 1.165) is 54.7 Å². The second-order valence-electron chi connectivity index (χ2n) is 8.61. The van der Waals surface area contributed by atoms with Crippen molar-refractivity contribution in [3.8, 4) is 17.0 Å². The van der Waals surface area contributed by atoms with Gasteiger partial charge in [0.05, 0.1) is 11.8 Å². The Balaban J connectivity index is 1.36. The first-order valence-electron chi connectivity index (χ1n) is 11.2. The number of fused-ring (bicyclic) bond motifs is 1. The van der Waals surface area contributed by atoms with Gasteiger partial charge < -0.3 is 15.6 Å². The van der Waals surface area contributed by atoms with Crippen LogP contribution in [0.4, 0.5) is 5.69 Å². The molecule has 2 unspecified atom stereocenters. The van der Waals surface area contributed by atoms with Crippen molar-refractivity contribution in [1.29, 1.82) is 0 Å². The summed E-state index contributed by atoms with van der Waals surface area (Å²) in [4.78, 5) is 4.52. The highest BCUT2D eigenvalue weighted by Gasteiger charge is 2.23. The standard InChI is InChI=1S/C26H29N3O2/c27-23-12-11-20(31-19-7-4-8-19)16-22(23)25-15-18(13-14-28-25)26(30)29-24-10-3-6-17-5-1-2-9-21(17)24/h1-2,5,9,11-16,19,24,26,29-30H,3-4,6-8,10,27H2. The molecule has 0 radical (unpaired) electrons. The van der Waals surface area contributed by atoms with Crippen LogP contribution in [-0.4, -0.2) is 16.2 Å². The number of pyridine rings is 1. The lowest BCUT2D eigenvalue weighted by Crippen LogP contribution is -2.29. The van der Waals surface area contributed by atoms with Gasteiger partial charge in [0.1, 0.15) is 12.0 Å². The lowest BCUT2D eigenvalue weighted by molar-refractivity contribution is 0.119. The highest BCUT2D eigenvalue weighted by Crippen LogP contribution is 2.34. The maximum atomic E-state index is 11.0. The first-order valence-corrected chi connectivity index (χ1v) is 11.2. The molecular formula is C26H29N3O2. The molecule has 160 valence electrons. The molecule has 1 fully saturated rings. The third-order valence-electron chi connectivity index (χ3n) is 6.48. The van der Waals surface area contributed by atoms with Gasteiger partial charge in [0, 0.05) is 23.5 Å². The van der Waals surface area contributed by atoms with E-state index in [4.69, 9.17) is 10.5 Å². The smallest absolute Gasteiger partial charge is 0.131 e. The largest absolute Gasteiger partial charge is 0.490 e. The number of nitrogens with one attached hydrogen (secondary N) is 1. The predicted molar refractivity (Wildman–Crippen MR) is 123 cm³/mol. The van der Waals surface area contributed by atoms with E-state index in [1.165, 1.54) is 17.5 Å². The monoisotopic (exact) mass is 415 g/mol. The molecule has 0 spiro atoms. The molecule has 1 heterocycles. The number of ether oxygens (including phenoxy) is 1. The summed E-state index contributed by atoms with van der Waals surface area (Å²) in [7, 11) is 0. The normalized spacial score (nSPS) is 19.3. The van der Waals surface area contributed by atoms with Gasteiger partial charge in [-0.25, -0.2) is 0 Å². The number of anilines is 1. The fraction of sp³-hybridized carbons (Fsp3) is 0.346. The van der Waals surface area contributed by atoms with Crippen LogP contribution in [0.2, 0.25) is 0 Å². The first-order chi connectivity index (χ1) is 15.2. The van der Waals surface area contributed by atoms with Crippen LogP contribution >= 0.6 is 0 Å². The SMILES string of the molecule is Nc1ccc(OC2CCC2)cc1-c1cc(C(O)NC2CCCc3ccccc32)ccn1. The molecule has 2 aromatic carbocycles. The number of aryl methyl sites for hydroxylation is 1. The van der Waals surface area contributed by atoms with Gasteiger partial charge in [-0.1, -0.05) is 24.3 Å². The van der Waals surface area contributed by atoms with Crippen LogP contribution < -0.4 is 15.8 Å². The first kappa shape index (κ1) is 20.0. The fourth-order valence-corrected chi connectivity index (χ4v) is 4.49. The van der Waals surface area contributed by atoms with Crippen molar-refractivity contribution in [3.05, 3.63) is 77.5 Å². The molecule has 2 aliphatic carbocycles. The molecule has 2 aliphatic rings. The second kappa shape index (κ2) is 8.69. The Hall–Kier alpha value is -2.89. The predicted octanol–water partition coefficient (Wildman–Crippen LogP) is 4.92. The van der Waals surface area contributed by atoms with Crippen LogP contribution in [0.15, 0.2) is 60.8 Å². The van der Waals surface area contributed by atoms with Crippen molar-refractivity contribution >= 4 is 5.69 Å². The average Bonchev–Trinajstić information content (AvgIpc) is 2.77. The Bertz CT molecular complexity index is 1060. The van der Waals surface area contributed by atoms with E-state index in [1.54, 1.807) is 6.20 Å². The Morgan fingerprint density at radius 2 is 1.90 bits per heavy atom. The molecule has 4 N–H and O–H groups in total. The van der Waals surface area contributed by atoms with E-state index in [2.05, 4.69) is 34.6 Å². The van der Waals surface area contributed by atoms with Crippen LogP contribution in [0.25, 0.3) is 11.3 Å². The number of aromatic nitrogens is 1. The summed E-state index contributed by atoms with van der Waals surface area (Å²) < 4.78 is 6.03. The Morgan fingerprint density at radius 3 is 2.74 bits per heavy atom. The molecule has 5 rings (SSSR count). The Labute approximate surface area is 183 Å². The van der Waals surface area contributed by atoms with Crippen molar-refractivity contribution in [2.24, 2.45) is 0 Å². The number of benzene rings is 2. The minimum absolute atomic E-state index is 0.140. The van der Waals surface area contributed by atoms with Crippen LogP contribution in [0.3, 0.4) is 0 Å². The number of nitrogens with two attached hydrogens (primary N) is 1. The van der Waals surface area contributed by atoms with Crippen LogP contribution in [-0.2, 0) is 6.42 Å². The van der Waals surface area contributed by atoms with Crippen LogP contribution in [0.1, 0.15) is 61.1 Å². The summed E-state index contributed by atoms with van der Waals surface area (Å²) in [5.41, 5.74) is 11.9. The zero-order valence-corrected chi connectivity index (χ0v) is 17.6. The topological polar surface area (TPSA) is 80.4 Å². The molecule has 0 bridgehead atoms. The summed E-state index contributed by atoms with van der Waals surface area (Å²) in [6, 6.07) is 18.1. The molecule has 1 saturated carbocycles. The maximum Gasteiger partial charge on any atom is 0.131 e. The van der Waals surface area contributed by atoms with Gasteiger partial charge >= 0.3 is 0 Å². The van der Waals surface area contributed by atoms with E-state index in [-0.39, 0.29) is 6.04 Å². The molecule has 5 heteroatoms. The molecule has 31 heavy (non-hydrogen) atoms. The van der Waals surface area contributed by atoms with Gasteiger partial charge in [0.2, 0.25) is 0 Å². The van der Waals surface area contributed by atoms with E-state index in [0.29, 0.717) is 11.8 Å². The third kappa shape index (κ3) is 4.29. The number of rotatable bonds is 6. The van der Waals surface area contributed by atoms with Gasteiger partial charge in [-0.05, 0) is 85.5 Å². The number of nitrogen functional groups attached to an aromatic ring is 1. The van der Waals surface area contributed by atoms with Crippen molar-refractivity contribution in [3.63, 3.8) is 0 Å². The lowest BCUT2D eigenvalue weighted by Gasteiger charge is -2.29. The zero-order valence-electron chi connectivity index (χ0n) is 17.6. The minimum Gasteiger partial charge on any atom is -0.490 e. The third-order valence-corrected chi connectivity index (χ3v) is 6.48. The van der Waals surface area contributed by atoms with Gasteiger partial charge in [-0.2, -0.15) is 0 Å². The average molecular weight is 416 g/mol. The van der Waals surface area contributed by atoms with Gasteiger partial charge in [-0.15, -0.1) is 0 Å². The van der Waals surface area contributed by atoms with Crippen molar-refractivity contribution in [1.82, 2.24) is 10.3 Å².